The molecule has 0 radical (unpaired) electrons. The highest BCUT2D eigenvalue weighted by atomic mass is 19.4. The number of hydrogen-bond acceptors (Lipinski definition) is 1. The van der Waals surface area contributed by atoms with Crippen molar-refractivity contribution in [1.29, 1.82) is 0 Å². The monoisotopic (exact) mass is 158 g/mol. The van der Waals surface area contributed by atoms with Gasteiger partial charge in [-0.3, -0.25) is 0 Å². The van der Waals surface area contributed by atoms with E-state index >= 15 is 0 Å². The van der Waals surface area contributed by atoms with Crippen molar-refractivity contribution in [3.8, 4) is 0 Å². The molecular formula is C5H6F4O. The number of halogens is 4. The van der Waals surface area contributed by atoms with Gasteiger partial charge < -0.3 is 5.11 Å². The van der Waals surface area contributed by atoms with Gasteiger partial charge in [0.15, 0.2) is 0 Å². The van der Waals surface area contributed by atoms with Gasteiger partial charge in [-0.15, -0.1) is 0 Å². The van der Waals surface area contributed by atoms with Gasteiger partial charge in [0, 0.05) is 0 Å². The first-order chi connectivity index (χ1) is 4.33. The lowest BCUT2D eigenvalue weighted by atomic mass is 10.3. The third-order valence-corrected chi connectivity index (χ3v) is 0.701. The van der Waals surface area contributed by atoms with Gasteiger partial charge >= 0.3 is 6.18 Å². The minimum absolute atomic E-state index is 0.572. The van der Waals surface area contributed by atoms with Crippen molar-refractivity contribution < 1.29 is 22.7 Å². The van der Waals surface area contributed by atoms with Gasteiger partial charge in [-0.2, -0.15) is 13.2 Å². The molecule has 0 spiro atoms. The van der Waals surface area contributed by atoms with E-state index in [-0.39, 0.29) is 0 Å². The highest BCUT2D eigenvalue weighted by Gasteiger charge is 2.25. The minimum atomic E-state index is -4.69. The van der Waals surface area contributed by atoms with E-state index in [4.69, 9.17) is 5.11 Å². The molecule has 0 heterocycles. The van der Waals surface area contributed by atoms with Crippen molar-refractivity contribution in [2.75, 3.05) is 0 Å². The molecule has 60 valence electrons. The van der Waals surface area contributed by atoms with Crippen LogP contribution in [0, 0.1) is 0 Å². The van der Waals surface area contributed by atoms with Crippen LogP contribution in [0.3, 0.4) is 0 Å². The molecule has 1 N–H and O–H groups in total. The van der Waals surface area contributed by atoms with Crippen LogP contribution >= 0.6 is 0 Å². The predicted molar refractivity (Wildman–Crippen MR) is 26.9 cm³/mol. The summed E-state index contributed by atoms with van der Waals surface area (Å²) in [6.07, 6.45) is -6.96. The summed E-state index contributed by atoms with van der Waals surface area (Å²) in [6, 6.07) is 0. The third-order valence-electron chi connectivity index (χ3n) is 0.701. The molecule has 0 amide bonds. The summed E-state index contributed by atoms with van der Waals surface area (Å²) in [4.78, 5) is 0. The molecule has 0 aliphatic rings. The Morgan fingerprint density at radius 2 is 1.90 bits per heavy atom. The maximum absolute atomic E-state index is 11.9. The lowest BCUT2D eigenvalue weighted by Gasteiger charge is -2.02. The maximum atomic E-state index is 11.9. The number of alkyl halides is 3. The fraction of sp³-hybridized carbons (Fsp3) is 0.600. The predicted octanol–water partition coefficient (Wildman–Crippen LogP) is 1.78. The summed E-state index contributed by atoms with van der Waals surface area (Å²) in [6.45, 7) is 0.914. The van der Waals surface area contributed by atoms with Gasteiger partial charge in [-0.1, -0.05) is 0 Å². The zero-order chi connectivity index (χ0) is 8.36. The van der Waals surface area contributed by atoms with Crippen molar-refractivity contribution in [2.45, 2.75) is 19.2 Å². The molecule has 0 aromatic heterocycles. The van der Waals surface area contributed by atoms with Gasteiger partial charge in [0.05, 0.1) is 6.08 Å². The molecule has 0 bridgehead atoms. The zero-order valence-electron chi connectivity index (χ0n) is 5.11. The van der Waals surface area contributed by atoms with Crippen molar-refractivity contribution in [2.24, 2.45) is 0 Å². The van der Waals surface area contributed by atoms with Crippen molar-refractivity contribution in [3.05, 3.63) is 11.9 Å². The van der Waals surface area contributed by atoms with E-state index in [1.807, 2.05) is 0 Å². The van der Waals surface area contributed by atoms with Crippen LogP contribution < -0.4 is 0 Å². The molecule has 10 heavy (non-hydrogen) atoms. The zero-order valence-corrected chi connectivity index (χ0v) is 5.11. The van der Waals surface area contributed by atoms with Crippen LogP contribution in [0.4, 0.5) is 17.6 Å². The first kappa shape index (κ1) is 9.42. The molecule has 0 saturated heterocycles. The smallest absolute Gasteiger partial charge is 0.386 e. The molecule has 0 rings (SSSR count). The normalized spacial score (nSPS) is 17.2. The molecule has 0 saturated carbocycles. The summed E-state index contributed by atoms with van der Waals surface area (Å²) in [7, 11) is 0. The molecule has 0 aromatic rings. The van der Waals surface area contributed by atoms with E-state index in [1.165, 1.54) is 0 Å². The van der Waals surface area contributed by atoms with Crippen molar-refractivity contribution >= 4 is 0 Å². The summed E-state index contributed by atoms with van der Waals surface area (Å²) in [5.41, 5.74) is 0. The highest BCUT2D eigenvalue weighted by molar-refractivity contribution is 5.00. The SMILES string of the molecule is CC(O)/C(F)=C/C(F)(F)F. The Morgan fingerprint density at radius 3 is 2.00 bits per heavy atom. The number of aliphatic hydroxyl groups excluding tert-OH is 1. The molecular weight excluding hydrogens is 152 g/mol. The Balaban J connectivity index is 4.17. The molecule has 0 aliphatic heterocycles. The fourth-order valence-corrected chi connectivity index (χ4v) is 0.277. The van der Waals surface area contributed by atoms with E-state index in [1.54, 1.807) is 0 Å². The van der Waals surface area contributed by atoms with Gasteiger partial charge in [0.1, 0.15) is 11.9 Å². The molecule has 1 atom stereocenters. The molecule has 0 aliphatic carbocycles. The lowest BCUT2D eigenvalue weighted by molar-refractivity contribution is -0.0824. The maximum Gasteiger partial charge on any atom is 0.412 e. The molecule has 0 fully saturated rings. The average molecular weight is 158 g/mol. The molecule has 5 heteroatoms. The second kappa shape index (κ2) is 3.01. The summed E-state index contributed by atoms with van der Waals surface area (Å²) < 4.78 is 45.6. The summed E-state index contributed by atoms with van der Waals surface area (Å²) in [5, 5.41) is 8.24. The Bertz CT molecular complexity index is 135. The quantitative estimate of drug-likeness (QED) is 0.576. The number of aliphatic hydroxyl groups is 1. The number of allylic oxidation sites excluding steroid dienone is 1. The Labute approximate surface area is 55.0 Å². The van der Waals surface area contributed by atoms with E-state index in [0.29, 0.717) is 0 Å². The first-order valence-electron chi connectivity index (χ1n) is 2.46. The van der Waals surface area contributed by atoms with Crippen LogP contribution in [0.1, 0.15) is 6.92 Å². The summed E-state index contributed by atoms with van der Waals surface area (Å²) >= 11 is 0. The summed E-state index contributed by atoms with van der Waals surface area (Å²) in [5.74, 6) is -1.58. The fourth-order valence-electron chi connectivity index (χ4n) is 0.277. The van der Waals surface area contributed by atoms with Crippen LogP contribution in [-0.4, -0.2) is 17.4 Å². The van der Waals surface area contributed by atoms with Gasteiger partial charge in [0.25, 0.3) is 0 Å². The first-order valence-corrected chi connectivity index (χ1v) is 2.46. The largest absolute Gasteiger partial charge is 0.412 e. The third kappa shape index (κ3) is 4.31. The lowest BCUT2D eigenvalue weighted by Crippen LogP contribution is -2.08. The second-order valence-electron chi connectivity index (χ2n) is 1.75. The van der Waals surface area contributed by atoms with Gasteiger partial charge in [0.2, 0.25) is 0 Å². The van der Waals surface area contributed by atoms with E-state index in [9.17, 15) is 17.6 Å². The number of rotatable bonds is 1. The van der Waals surface area contributed by atoms with Crippen molar-refractivity contribution in [1.82, 2.24) is 0 Å². The Hall–Kier alpha value is -0.580. The second-order valence-corrected chi connectivity index (χ2v) is 1.75. The van der Waals surface area contributed by atoms with E-state index < -0.39 is 24.2 Å². The topological polar surface area (TPSA) is 20.2 Å². The Kier molecular flexibility index (Phi) is 2.83. The van der Waals surface area contributed by atoms with Crippen LogP contribution in [0.2, 0.25) is 0 Å². The average Bonchev–Trinajstić information content (AvgIpc) is 1.60. The van der Waals surface area contributed by atoms with Crippen LogP contribution in [0.15, 0.2) is 11.9 Å². The molecule has 1 unspecified atom stereocenters. The standard InChI is InChI=1S/C5H6F4O/c1-3(10)4(6)2-5(7,8)9/h2-3,10H,1H3/b4-2-. The number of hydrogen-bond donors (Lipinski definition) is 1. The van der Waals surface area contributed by atoms with E-state index in [2.05, 4.69) is 0 Å². The van der Waals surface area contributed by atoms with Gasteiger partial charge in [-0.05, 0) is 6.92 Å². The van der Waals surface area contributed by atoms with Crippen LogP contribution in [-0.2, 0) is 0 Å². The highest BCUT2D eigenvalue weighted by Crippen LogP contribution is 2.20. The van der Waals surface area contributed by atoms with Gasteiger partial charge in [-0.25, -0.2) is 4.39 Å². The molecule has 0 aromatic carbocycles. The van der Waals surface area contributed by atoms with Crippen molar-refractivity contribution in [3.63, 3.8) is 0 Å². The minimum Gasteiger partial charge on any atom is -0.386 e. The van der Waals surface area contributed by atoms with E-state index in [0.717, 1.165) is 6.92 Å². The van der Waals surface area contributed by atoms with Crippen LogP contribution in [0.5, 0.6) is 0 Å². The Morgan fingerprint density at radius 1 is 1.50 bits per heavy atom. The molecule has 1 nitrogen and oxygen atoms in total. The van der Waals surface area contributed by atoms with Crippen LogP contribution in [0.25, 0.3) is 0 Å².